The number of hydrogen-bond donors (Lipinski definition) is 1. The highest BCUT2D eigenvalue weighted by Crippen LogP contribution is 2.29. The number of halogens is 1. The molecule has 0 radical (unpaired) electrons. The molecule has 0 aliphatic heterocycles. The van der Waals surface area contributed by atoms with Gasteiger partial charge in [-0.2, -0.15) is 0 Å². The molecular weight excluding hydrogens is 274 g/mol. The van der Waals surface area contributed by atoms with Gasteiger partial charge in [0.25, 0.3) is 0 Å². The van der Waals surface area contributed by atoms with Crippen LogP contribution in [0.2, 0.25) is 5.02 Å². The van der Waals surface area contributed by atoms with Gasteiger partial charge < -0.3 is 9.84 Å². The second kappa shape index (κ2) is 5.49. The van der Waals surface area contributed by atoms with E-state index < -0.39 is 0 Å². The van der Waals surface area contributed by atoms with E-state index in [9.17, 15) is 5.11 Å². The monoisotopic (exact) mass is 285 g/mol. The van der Waals surface area contributed by atoms with Crippen LogP contribution in [0.1, 0.15) is 5.69 Å². The first-order valence-electron chi connectivity index (χ1n) is 6.20. The normalized spacial score (nSPS) is 10.7. The third kappa shape index (κ3) is 2.46. The number of rotatable bonds is 3. The van der Waals surface area contributed by atoms with Crippen LogP contribution in [-0.4, -0.2) is 10.1 Å². The highest BCUT2D eigenvalue weighted by Gasteiger charge is 2.07. The van der Waals surface area contributed by atoms with Gasteiger partial charge in [-0.1, -0.05) is 48.0 Å². The summed E-state index contributed by atoms with van der Waals surface area (Å²) < 4.78 is 5.81. The Hall–Kier alpha value is -2.10. The number of fused-ring (bicyclic) bond motifs is 1. The second-order valence-electron chi connectivity index (χ2n) is 4.32. The fourth-order valence-corrected chi connectivity index (χ4v) is 2.19. The lowest BCUT2D eigenvalue weighted by Crippen LogP contribution is -1.94. The van der Waals surface area contributed by atoms with Gasteiger partial charge in [0.05, 0.1) is 17.3 Å². The molecule has 0 bridgehead atoms. The first-order chi connectivity index (χ1) is 9.78. The summed E-state index contributed by atoms with van der Waals surface area (Å²) in [5, 5.41) is 11.7. The number of nitrogens with zero attached hydrogens (tertiary/aromatic N) is 1. The minimum atomic E-state index is -0.217. The van der Waals surface area contributed by atoms with Crippen molar-refractivity contribution in [3.63, 3.8) is 0 Å². The van der Waals surface area contributed by atoms with E-state index >= 15 is 0 Å². The maximum atomic E-state index is 9.18. The summed E-state index contributed by atoms with van der Waals surface area (Å²) in [6, 6.07) is 17.2. The molecule has 3 aromatic rings. The molecule has 1 heterocycles. The molecule has 3 rings (SSSR count). The Balaban J connectivity index is 2.01. The van der Waals surface area contributed by atoms with E-state index in [0.29, 0.717) is 16.6 Å². The summed E-state index contributed by atoms with van der Waals surface area (Å²) in [7, 11) is 0. The molecule has 0 aliphatic carbocycles. The molecule has 0 spiro atoms. The maximum Gasteiger partial charge on any atom is 0.219 e. The van der Waals surface area contributed by atoms with Gasteiger partial charge in [0.2, 0.25) is 5.88 Å². The van der Waals surface area contributed by atoms with E-state index in [4.69, 9.17) is 16.3 Å². The van der Waals surface area contributed by atoms with Crippen molar-refractivity contribution in [1.82, 2.24) is 4.98 Å². The van der Waals surface area contributed by atoms with Gasteiger partial charge >= 0.3 is 0 Å². The first-order valence-corrected chi connectivity index (χ1v) is 6.57. The standard InChI is InChI=1S/C16H12ClNO2/c17-13-8-9-16(18-14(13)10-19)20-15-7-3-5-11-4-1-2-6-12(11)15/h1-9,19H,10H2. The van der Waals surface area contributed by atoms with Crippen LogP contribution in [0.5, 0.6) is 11.6 Å². The van der Waals surface area contributed by atoms with Gasteiger partial charge in [-0.3, -0.25) is 0 Å². The molecule has 0 saturated carbocycles. The minimum absolute atomic E-state index is 0.217. The zero-order chi connectivity index (χ0) is 13.9. The molecular formula is C16H12ClNO2. The van der Waals surface area contributed by atoms with Crippen LogP contribution >= 0.6 is 11.6 Å². The molecule has 2 aromatic carbocycles. The highest BCUT2D eigenvalue weighted by atomic mass is 35.5. The van der Waals surface area contributed by atoms with Crippen LogP contribution < -0.4 is 4.74 Å². The number of aliphatic hydroxyl groups is 1. The molecule has 0 atom stereocenters. The molecule has 3 nitrogen and oxygen atoms in total. The van der Waals surface area contributed by atoms with Gasteiger partial charge in [0.1, 0.15) is 5.75 Å². The SMILES string of the molecule is OCc1nc(Oc2cccc3ccccc23)ccc1Cl. The molecule has 1 N–H and O–H groups in total. The van der Waals surface area contributed by atoms with Crippen LogP contribution in [0, 0.1) is 0 Å². The Morgan fingerprint density at radius 2 is 1.80 bits per heavy atom. The van der Waals surface area contributed by atoms with Crippen molar-refractivity contribution in [1.29, 1.82) is 0 Å². The Morgan fingerprint density at radius 1 is 1.00 bits per heavy atom. The summed E-state index contributed by atoms with van der Waals surface area (Å²) in [4.78, 5) is 4.19. The van der Waals surface area contributed by atoms with E-state index in [1.807, 2.05) is 42.5 Å². The molecule has 0 saturated heterocycles. The third-order valence-electron chi connectivity index (χ3n) is 3.01. The molecule has 0 aliphatic rings. The van der Waals surface area contributed by atoms with Crippen molar-refractivity contribution in [3.8, 4) is 11.6 Å². The average molecular weight is 286 g/mol. The predicted molar refractivity (Wildman–Crippen MR) is 79.2 cm³/mol. The third-order valence-corrected chi connectivity index (χ3v) is 3.35. The second-order valence-corrected chi connectivity index (χ2v) is 4.72. The van der Waals surface area contributed by atoms with Crippen LogP contribution in [0.15, 0.2) is 54.6 Å². The summed E-state index contributed by atoms with van der Waals surface area (Å²) in [6.45, 7) is -0.217. The lowest BCUT2D eigenvalue weighted by molar-refractivity contribution is 0.275. The maximum absolute atomic E-state index is 9.18. The Bertz CT molecular complexity index is 753. The van der Waals surface area contributed by atoms with Crippen molar-refractivity contribution in [3.05, 3.63) is 65.3 Å². The van der Waals surface area contributed by atoms with Crippen LogP contribution in [0.3, 0.4) is 0 Å². The van der Waals surface area contributed by atoms with Crippen molar-refractivity contribution < 1.29 is 9.84 Å². The molecule has 4 heteroatoms. The number of ether oxygens (including phenoxy) is 1. The van der Waals surface area contributed by atoms with Gasteiger partial charge in [-0.05, 0) is 17.5 Å². The first kappa shape index (κ1) is 12.9. The van der Waals surface area contributed by atoms with E-state index in [0.717, 1.165) is 16.5 Å². The Labute approximate surface area is 121 Å². The highest BCUT2D eigenvalue weighted by molar-refractivity contribution is 6.31. The number of pyridine rings is 1. The van der Waals surface area contributed by atoms with Crippen molar-refractivity contribution in [2.75, 3.05) is 0 Å². The van der Waals surface area contributed by atoms with Crippen molar-refractivity contribution in [2.45, 2.75) is 6.61 Å². The summed E-state index contributed by atoms with van der Waals surface area (Å²) >= 11 is 5.92. The Kier molecular flexibility index (Phi) is 3.54. The van der Waals surface area contributed by atoms with Crippen LogP contribution in [0.25, 0.3) is 10.8 Å². The molecule has 20 heavy (non-hydrogen) atoms. The fraction of sp³-hybridized carbons (Fsp3) is 0.0625. The number of aromatic nitrogens is 1. The molecule has 0 unspecified atom stereocenters. The number of benzene rings is 2. The van der Waals surface area contributed by atoms with E-state index in [1.54, 1.807) is 12.1 Å². The number of hydrogen-bond acceptors (Lipinski definition) is 3. The average Bonchev–Trinajstić information content (AvgIpc) is 2.49. The zero-order valence-corrected chi connectivity index (χ0v) is 11.3. The van der Waals surface area contributed by atoms with Crippen molar-refractivity contribution in [2.24, 2.45) is 0 Å². The quantitative estimate of drug-likeness (QED) is 0.785. The van der Waals surface area contributed by atoms with Crippen LogP contribution in [0.4, 0.5) is 0 Å². The predicted octanol–water partition coefficient (Wildman–Crippen LogP) is 4.17. The van der Waals surface area contributed by atoms with E-state index in [-0.39, 0.29) is 6.61 Å². The molecule has 0 fully saturated rings. The summed E-state index contributed by atoms with van der Waals surface area (Å²) in [5.41, 5.74) is 0.407. The fourth-order valence-electron chi connectivity index (χ4n) is 2.03. The van der Waals surface area contributed by atoms with Gasteiger partial charge in [0, 0.05) is 11.5 Å². The largest absolute Gasteiger partial charge is 0.438 e. The minimum Gasteiger partial charge on any atom is -0.438 e. The lowest BCUT2D eigenvalue weighted by atomic mass is 10.1. The van der Waals surface area contributed by atoms with E-state index in [1.165, 1.54) is 0 Å². The molecule has 1 aromatic heterocycles. The van der Waals surface area contributed by atoms with Crippen molar-refractivity contribution >= 4 is 22.4 Å². The summed E-state index contributed by atoms with van der Waals surface area (Å²) in [5.74, 6) is 1.14. The topological polar surface area (TPSA) is 42.4 Å². The zero-order valence-electron chi connectivity index (χ0n) is 10.6. The Morgan fingerprint density at radius 3 is 2.65 bits per heavy atom. The van der Waals surface area contributed by atoms with Gasteiger partial charge in [-0.15, -0.1) is 0 Å². The number of aliphatic hydroxyl groups excluding tert-OH is 1. The molecule has 100 valence electrons. The lowest BCUT2D eigenvalue weighted by Gasteiger charge is -2.09. The smallest absolute Gasteiger partial charge is 0.219 e. The van der Waals surface area contributed by atoms with Crippen LogP contribution in [-0.2, 0) is 6.61 Å². The summed E-state index contributed by atoms with van der Waals surface area (Å²) in [6.07, 6.45) is 0. The van der Waals surface area contributed by atoms with E-state index in [2.05, 4.69) is 4.98 Å². The van der Waals surface area contributed by atoms with Gasteiger partial charge in [-0.25, -0.2) is 4.98 Å². The van der Waals surface area contributed by atoms with Gasteiger partial charge in [0.15, 0.2) is 0 Å². The molecule has 0 amide bonds.